The third-order valence-corrected chi connectivity index (χ3v) is 6.61. The van der Waals surface area contributed by atoms with E-state index in [4.69, 9.17) is 9.15 Å². The Balaban J connectivity index is 1.55. The smallest absolute Gasteiger partial charge is 0.272 e. The first-order valence-corrected chi connectivity index (χ1v) is 11.0. The van der Waals surface area contributed by atoms with Crippen LogP contribution in [-0.4, -0.2) is 23.3 Å². The molecule has 5 aromatic rings. The lowest BCUT2D eigenvalue weighted by Crippen LogP contribution is -2.30. The number of nitrogens with zero attached hydrogens (tertiary/aromatic N) is 2. The van der Waals surface area contributed by atoms with Crippen molar-refractivity contribution in [2.75, 3.05) is 18.1 Å². The highest BCUT2D eigenvalue weighted by atomic mass is 32.1. The lowest BCUT2D eigenvalue weighted by molar-refractivity contribution is 0.313. The molecule has 3 aromatic heterocycles. The van der Waals surface area contributed by atoms with Gasteiger partial charge in [-0.3, -0.25) is 9.59 Å². The van der Waals surface area contributed by atoms with Gasteiger partial charge in [0.2, 0.25) is 5.43 Å². The van der Waals surface area contributed by atoms with E-state index in [0.29, 0.717) is 40.4 Å². The lowest BCUT2D eigenvalue weighted by atomic mass is 10.1. The number of thiophene rings is 1. The van der Waals surface area contributed by atoms with E-state index in [0.717, 1.165) is 28.0 Å². The van der Waals surface area contributed by atoms with E-state index in [1.165, 1.54) is 17.4 Å². The lowest BCUT2D eigenvalue weighted by Gasteiger charge is -2.31. The molecule has 4 heterocycles. The molecule has 0 spiro atoms. The maximum Gasteiger partial charge on any atom is 0.272 e. The van der Waals surface area contributed by atoms with Crippen LogP contribution in [0.4, 0.5) is 11.5 Å². The standard InChI is InChI=1S/C24H17N3O4S/c1-13-10-19(28)22-21(31-13)17(12-32-22)14-6-7-20-18(11-14)27(8-9-30-20)23-15-4-2-3-5-16(15)24(29)26-25-23/h2-7,10-12H,8-9H2,1H3,(H,26,29). The van der Waals surface area contributed by atoms with E-state index in [1.54, 1.807) is 13.0 Å². The molecule has 0 amide bonds. The number of hydrogen-bond acceptors (Lipinski definition) is 7. The van der Waals surface area contributed by atoms with Crippen molar-refractivity contribution in [2.45, 2.75) is 6.92 Å². The molecule has 8 heteroatoms. The minimum atomic E-state index is -0.221. The van der Waals surface area contributed by atoms with E-state index in [1.807, 2.05) is 41.8 Å². The van der Waals surface area contributed by atoms with Gasteiger partial charge in [-0.1, -0.05) is 24.3 Å². The first-order chi connectivity index (χ1) is 15.6. The number of anilines is 2. The fourth-order valence-electron chi connectivity index (χ4n) is 4.17. The van der Waals surface area contributed by atoms with Gasteiger partial charge in [-0.2, -0.15) is 5.10 Å². The molecule has 0 bridgehead atoms. The molecular formula is C24H17N3O4S. The molecule has 7 nitrogen and oxygen atoms in total. The number of aromatic amines is 1. The van der Waals surface area contributed by atoms with Gasteiger partial charge in [0.25, 0.3) is 5.56 Å². The van der Waals surface area contributed by atoms with Gasteiger partial charge in [0.15, 0.2) is 11.4 Å². The van der Waals surface area contributed by atoms with Crippen molar-refractivity contribution in [3.05, 3.63) is 80.2 Å². The van der Waals surface area contributed by atoms with Crippen LogP contribution in [0.1, 0.15) is 5.76 Å². The first kappa shape index (κ1) is 18.8. The number of aryl methyl sites for hydroxylation is 1. The molecule has 6 rings (SSSR count). The van der Waals surface area contributed by atoms with Crippen molar-refractivity contribution in [1.82, 2.24) is 10.2 Å². The highest BCUT2D eigenvalue weighted by Crippen LogP contribution is 2.42. The Morgan fingerprint density at radius 2 is 1.94 bits per heavy atom. The van der Waals surface area contributed by atoms with Crippen molar-refractivity contribution in [1.29, 1.82) is 0 Å². The molecule has 1 aliphatic rings. The zero-order chi connectivity index (χ0) is 21.8. The molecule has 1 aliphatic heterocycles. The van der Waals surface area contributed by atoms with E-state index in [-0.39, 0.29) is 11.0 Å². The second kappa shape index (κ2) is 7.06. The molecule has 0 saturated heterocycles. The average Bonchev–Trinajstić information content (AvgIpc) is 3.23. The molecule has 0 fully saturated rings. The molecule has 0 atom stereocenters. The van der Waals surface area contributed by atoms with Crippen molar-refractivity contribution in [3.63, 3.8) is 0 Å². The number of aromatic nitrogens is 2. The summed E-state index contributed by atoms with van der Waals surface area (Å²) in [5.74, 6) is 1.97. The van der Waals surface area contributed by atoms with Gasteiger partial charge in [-0.05, 0) is 30.7 Å². The monoisotopic (exact) mass is 443 g/mol. The molecule has 0 aliphatic carbocycles. The Morgan fingerprint density at radius 1 is 1.09 bits per heavy atom. The predicted octanol–water partition coefficient (Wildman–Crippen LogP) is 4.60. The van der Waals surface area contributed by atoms with Crippen LogP contribution in [0.25, 0.3) is 32.2 Å². The third-order valence-electron chi connectivity index (χ3n) is 5.63. The highest BCUT2D eigenvalue weighted by Gasteiger charge is 2.24. The number of H-pyrrole nitrogens is 1. The van der Waals surface area contributed by atoms with Gasteiger partial charge in [-0.15, -0.1) is 11.3 Å². The van der Waals surface area contributed by atoms with Gasteiger partial charge in [-0.25, -0.2) is 5.10 Å². The summed E-state index contributed by atoms with van der Waals surface area (Å²) in [5.41, 5.74) is 2.95. The van der Waals surface area contributed by atoms with Gasteiger partial charge in [0, 0.05) is 22.4 Å². The van der Waals surface area contributed by atoms with Gasteiger partial charge >= 0.3 is 0 Å². The molecule has 0 radical (unpaired) electrons. The fourth-order valence-corrected chi connectivity index (χ4v) is 5.08. The third kappa shape index (κ3) is 2.84. The summed E-state index contributed by atoms with van der Waals surface area (Å²) in [6.45, 7) is 2.85. The summed E-state index contributed by atoms with van der Waals surface area (Å²) in [4.78, 5) is 26.7. The van der Waals surface area contributed by atoms with Gasteiger partial charge < -0.3 is 14.1 Å². The van der Waals surface area contributed by atoms with Crippen LogP contribution in [0, 0.1) is 6.92 Å². The fraction of sp³-hybridized carbons (Fsp3) is 0.125. The number of nitrogens with one attached hydrogen (secondary N) is 1. The van der Waals surface area contributed by atoms with Gasteiger partial charge in [0.1, 0.15) is 22.8 Å². The predicted molar refractivity (Wildman–Crippen MR) is 125 cm³/mol. The largest absolute Gasteiger partial charge is 0.490 e. The zero-order valence-corrected chi connectivity index (χ0v) is 17.9. The minimum Gasteiger partial charge on any atom is -0.490 e. The molecule has 158 valence electrons. The number of hydrogen-bond donors (Lipinski definition) is 1. The molecule has 1 N–H and O–H groups in total. The summed E-state index contributed by atoms with van der Waals surface area (Å²) < 4.78 is 12.4. The number of fused-ring (bicyclic) bond motifs is 3. The summed E-state index contributed by atoms with van der Waals surface area (Å²) in [6.07, 6.45) is 0. The second-order valence-corrected chi connectivity index (χ2v) is 8.51. The SMILES string of the molecule is Cc1cc(=O)c2scc(-c3ccc4c(c3)N(c3n[nH]c(=O)c5ccccc35)CCO4)c2o1. The molecule has 32 heavy (non-hydrogen) atoms. The summed E-state index contributed by atoms with van der Waals surface area (Å²) in [5, 5.41) is 10.3. The Hall–Kier alpha value is -3.91. The quantitative estimate of drug-likeness (QED) is 0.429. The first-order valence-electron chi connectivity index (χ1n) is 10.1. The van der Waals surface area contributed by atoms with Crippen molar-refractivity contribution in [3.8, 4) is 16.9 Å². The number of rotatable bonds is 2. The Morgan fingerprint density at radius 3 is 2.81 bits per heavy atom. The van der Waals surface area contributed by atoms with Crippen molar-refractivity contribution >= 4 is 43.9 Å². The Kier molecular flexibility index (Phi) is 4.16. The maximum atomic E-state index is 12.4. The Bertz CT molecular complexity index is 1630. The van der Waals surface area contributed by atoms with Crippen LogP contribution in [0.5, 0.6) is 5.75 Å². The number of ether oxygens (including phenoxy) is 1. The van der Waals surface area contributed by atoms with E-state index < -0.39 is 0 Å². The van der Waals surface area contributed by atoms with Crippen molar-refractivity contribution in [2.24, 2.45) is 0 Å². The van der Waals surface area contributed by atoms with Crippen LogP contribution < -0.4 is 20.6 Å². The molecular weight excluding hydrogens is 426 g/mol. The number of benzene rings is 2. The summed E-state index contributed by atoms with van der Waals surface area (Å²) >= 11 is 1.38. The van der Waals surface area contributed by atoms with Crippen LogP contribution >= 0.6 is 11.3 Å². The molecule has 0 saturated carbocycles. The van der Waals surface area contributed by atoms with Crippen LogP contribution in [-0.2, 0) is 0 Å². The zero-order valence-electron chi connectivity index (χ0n) is 17.0. The van der Waals surface area contributed by atoms with Crippen LogP contribution in [0.15, 0.2) is 67.9 Å². The molecule has 2 aromatic carbocycles. The van der Waals surface area contributed by atoms with Crippen molar-refractivity contribution < 1.29 is 9.15 Å². The van der Waals surface area contributed by atoms with E-state index in [2.05, 4.69) is 15.1 Å². The average molecular weight is 443 g/mol. The topological polar surface area (TPSA) is 88.4 Å². The Labute approximate surface area is 185 Å². The van der Waals surface area contributed by atoms with E-state index in [9.17, 15) is 9.59 Å². The second-order valence-electron chi connectivity index (χ2n) is 7.63. The van der Waals surface area contributed by atoms with E-state index >= 15 is 0 Å². The van der Waals surface area contributed by atoms with Crippen LogP contribution in [0.2, 0.25) is 0 Å². The molecule has 0 unspecified atom stereocenters. The normalized spacial score (nSPS) is 13.3. The van der Waals surface area contributed by atoms with Gasteiger partial charge in [0.05, 0.1) is 17.6 Å². The summed E-state index contributed by atoms with van der Waals surface area (Å²) in [7, 11) is 0. The minimum absolute atomic E-state index is 0.0353. The maximum absolute atomic E-state index is 12.4. The van der Waals surface area contributed by atoms with Crippen LogP contribution in [0.3, 0.4) is 0 Å². The summed E-state index contributed by atoms with van der Waals surface area (Å²) in [6, 6.07) is 14.8. The highest BCUT2D eigenvalue weighted by molar-refractivity contribution is 7.17.